The van der Waals surface area contributed by atoms with Crippen molar-refractivity contribution < 1.29 is 9.59 Å². The Balaban J connectivity index is 1.47. The third-order valence-electron chi connectivity index (χ3n) is 4.18. The summed E-state index contributed by atoms with van der Waals surface area (Å²) < 4.78 is 0. The number of likely N-dealkylation sites (tertiary alicyclic amines) is 1. The van der Waals surface area contributed by atoms with Crippen LogP contribution in [0.1, 0.15) is 22.7 Å². The van der Waals surface area contributed by atoms with Gasteiger partial charge in [-0.15, -0.1) is 11.3 Å². The van der Waals surface area contributed by atoms with E-state index >= 15 is 0 Å². The van der Waals surface area contributed by atoms with E-state index in [4.69, 9.17) is 0 Å². The van der Waals surface area contributed by atoms with Crippen molar-refractivity contribution in [3.8, 4) is 0 Å². The molecule has 3 rings (SSSR count). The molecular weight excluding hydrogens is 322 g/mol. The Bertz CT molecular complexity index is 714. The van der Waals surface area contributed by atoms with E-state index in [0.717, 1.165) is 17.1 Å². The lowest BCUT2D eigenvalue weighted by molar-refractivity contribution is -0.129. The maximum Gasteiger partial charge on any atom is 0.225 e. The van der Waals surface area contributed by atoms with Crippen LogP contribution in [-0.2, 0) is 22.6 Å². The minimum absolute atomic E-state index is 0.0570. The van der Waals surface area contributed by atoms with Crippen LogP contribution >= 0.6 is 11.3 Å². The first kappa shape index (κ1) is 16.6. The fraction of sp³-hybridized carbons (Fsp3) is 0.389. The van der Waals surface area contributed by atoms with E-state index in [1.54, 1.807) is 4.90 Å². The molecule has 2 aromatic rings. The predicted octanol–water partition coefficient (Wildman–Crippen LogP) is 2.16. The smallest absolute Gasteiger partial charge is 0.225 e. The van der Waals surface area contributed by atoms with Crippen LogP contribution in [-0.4, -0.2) is 34.8 Å². The molecular formula is C18H21N3O2S. The quantitative estimate of drug-likeness (QED) is 0.874. The zero-order valence-electron chi connectivity index (χ0n) is 13.7. The number of aryl methyl sites for hydroxylation is 1. The van der Waals surface area contributed by atoms with Crippen LogP contribution in [0.5, 0.6) is 0 Å². The van der Waals surface area contributed by atoms with Gasteiger partial charge in [-0.3, -0.25) is 9.59 Å². The van der Waals surface area contributed by atoms with Gasteiger partial charge in [0.1, 0.15) is 5.01 Å². The van der Waals surface area contributed by atoms with Crippen molar-refractivity contribution in [2.75, 3.05) is 13.1 Å². The van der Waals surface area contributed by atoms with Crippen LogP contribution in [0.3, 0.4) is 0 Å². The van der Waals surface area contributed by atoms with Crippen molar-refractivity contribution in [1.82, 2.24) is 15.2 Å². The molecule has 1 unspecified atom stereocenters. The highest BCUT2D eigenvalue weighted by Gasteiger charge is 2.33. The fourth-order valence-corrected chi connectivity index (χ4v) is 3.58. The highest BCUT2D eigenvalue weighted by Crippen LogP contribution is 2.19. The van der Waals surface area contributed by atoms with E-state index in [-0.39, 0.29) is 17.7 Å². The molecule has 0 radical (unpaired) electrons. The van der Waals surface area contributed by atoms with E-state index in [1.165, 1.54) is 16.9 Å². The minimum Gasteiger partial charge on any atom is -0.349 e. The van der Waals surface area contributed by atoms with Gasteiger partial charge in [0.25, 0.3) is 0 Å². The zero-order chi connectivity index (χ0) is 16.9. The van der Waals surface area contributed by atoms with Gasteiger partial charge in [0.05, 0.1) is 12.5 Å². The molecule has 24 heavy (non-hydrogen) atoms. The highest BCUT2D eigenvalue weighted by molar-refractivity contribution is 7.09. The lowest BCUT2D eigenvalue weighted by atomic mass is 10.1. The summed E-state index contributed by atoms with van der Waals surface area (Å²) in [7, 11) is 0. The normalized spacial score (nSPS) is 17.3. The molecule has 1 atom stereocenters. The summed E-state index contributed by atoms with van der Waals surface area (Å²) >= 11 is 1.54. The van der Waals surface area contributed by atoms with Crippen molar-refractivity contribution >= 4 is 23.2 Å². The number of carbonyl (C=O) groups excluding carboxylic acids is 2. The van der Waals surface area contributed by atoms with Gasteiger partial charge in [-0.05, 0) is 18.9 Å². The molecule has 1 fully saturated rings. The first-order chi connectivity index (χ1) is 11.6. The first-order valence-corrected chi connectivity index (χ1v) is 9.00. The number of rotatable bonds is 6. The average molecular weight is 343 g/mol. The molecule has 2 amide bonds. The largest absolute Gasteiger partial charge is 0.349 e. The number of amides is 2. The van der Waals surface area contributed by atoms with Crippen LogP contribution < -0.4 is 5.32 Å². The molecule has 0 spiro atoms. The van der Waals surface area contributed by atoms with Gasteiger partial charge in [-0.1, -0.05) is 30.3 Å². The maximum absolute atomic E-state index is 12.3. The van der Waals surface area contributed by atoms with Crippen LogP contribution in [0.15, 0.2) is 35.7 Å². The molecule has 0 bridgehead atoms. The van der Waals surface area contributed by atoms with Gasteiger partial charge < -0.3 is 10.2 Å². The van der Waals surface area contributed by atoms with E-state index in [1.807, 2.05) is 30.5 Å². The van der Waals surface area contributed by atoms with Gasteiger partial charge in [0.15, 0.2) is 0 Å². The third-order valence-corrected chi connectivity index (χ3v) is 5.15. The average Bonchev–Trinajstić information content (AvgIpc) is 3.17. The first-order valence-electron chi connectivity index (χ1n) is 8.12. The summed E-state index contributed by atoms with van der Waals surface area (Å²) in [4.78, 5) is 30.5. The summed E-state index contributed by atoms with van der Waals surface area (Å²) in [6, 6.07) is 10.1. The third kappa shape index (κ3) is 4.20. The molecule has 0 aliphatic carbocycles. The second kappa shape index (κ2) is 7.57. The Kier molecular flexibility index (Phi) is 5.25. The topological polar surface area (TPSA) is 62.3 Å². The molecule has 126 valence electrons. The molecule has 0 saturated carbocycles. The summed E-state index contributed by atoms with van der Waals surface area (Å²) in [6.45, 7) is 3.54. The Morgan fingerprint density at radius 1 is 1.38 bits per heavy atom. The van der Waals surface area contributed by atoms with Crippen LogP contribution in [0.2, 0.25) is 0 Å². The van der Waals surface area contributed by atoms with Crippen molar-refractivity contribution in [3.05, 3.63) is 52.0 Å². The Morgan fingerprint density at radius 2 is 2.17 bits per heavy atom. The van der Waals surface area contributed by atoms with Crippen molar-refractivity contribution in [2.45, 2.75) is 26.3 Å². The van der Waals surface area contributed by atoms with Gasteiger partial charge in [-0.25, -0.2) is 4.98 Å². The summed E-state index contributed by atoms with van der Waals surface area (Å²) in [6.07, 6.45) is 1.12. The molecule has 1 saturated heterocycles. The van der Waals surface area contributed by atoms with Gasteiger partial charge in [0, 0.05) is 30.6 Å². The number of nitrogens with zero attached hydrogens (tertiary/aromatic N) is 2. The molecule has 1 N–H and O–H groups in total. The zero-order valence-corrected chi connectivity index (χ0v) is 14.5. The molecule has 5 nitrogen and oxygen atoms in total. The Hall–Kier alpha value is -2.21. The number of carbonyl (C=O) groups is 2. The van der Waals surface area contributed by atoms with Crippen molar-refractivity contribution in [3.63, 3.8) is 0 Å². The van der Waals surface area contributed by atoms with Gasteiger partial charge in [0.2, 0.25) is 11.8 Å². The van der Waals surface area contributed by atoms with Crippen LogP contribution in [0.4, 0.5) is 0 Å². The minimum atomic E-state index is -0.255. The number of hydrogen-bond acceptors (Lipinski definition) is 4. The number of aromatic nitrogens is 1. The maximum atomic E-state index is 12.3. The molecule has 6 heteroatoms. The fourth-order valence-electron chi connectivity index (χ4n) is 2.86. The number of benzene rings is 1. The van der Waals surface area contributed by atoms with Crippen LogP contribution in [0.25, 0.3) is 0 Å². The summed E-state index contributed by atoms with van der Waals surface area (Å²) in [5.74, 6) is -0.246. The van der Waals surface area contributed by atoms with Crippen LogP contribution in [0, 0.1) is 12.8 Å². The molecule has 1 aromatic carbocycles. The SMILES string of the molecule is Cc1csc(CNC(=O)C2CC(=O)N(CCc3ccccc3)C2)n1. The van der Waals surface area contributed by atoms with E-state index < -0.39 is 0 Å². The Morgan fingerprint density at radius 3 is 2.88 bits per heavy atom. The highest BCUT2D eigenvalue weighted by atomic mass is 32.1. The standard InChI is InChI=1S/C18H21N3O2S/c1-13-12-24-16(20-13)10-19-18(23)15-9-17(22)21(11-15)8-7-14-5-3-2-4-6-14/h2-6,12,15H,7-11H2,1H3,(H,19,23). The van der Waals surface area contributed by atoms with Gasteiger partial charge in [-0.2, -0.15) is 0 Å². The lowest BCUT2D eigenvalue weighted by Gasteiger charge is -2.16. The predicted molar refractivity (Wildman–Crippen MR) is 93.5 cm³/mol. The Labute approximate surface area is 145 Å². The lowest BCUT2D eigenvalue weighted by Crippen LogP contribution is -2.33. The molecule has 1 aliphatic rings. The molecule has 2 heterocycles. The second-order valence-electron chi connectivity index (χ2n) is 6.08. The van der Waals surface area contributed by atoms with Gasteiger partial charge >= 0.3 is 0 Å². The van der Waals surface area contributed by atoms with Crippen molar-refractivity contribution in [1.29, 1.82) is 0 Å². The molecule has 1 aromatic heterocycles. The van der Waals surface area contributed by atoms with E-state index in [0.29, 0.717) is 26.1 Å². The number of nitrogens with one attached hydrogen (secondary N) is 1. The number of thiazole rings is 1. The van der Waals surface area contributed by atoms with E-state index in [2.05, 4.69) is 22.4 Å². The summed E-state index contributed by atoms with van der Waals surface area (Å²) in [5, 5.41) is 5.76. The number of hydrogen-bond donors (Lipinski definition) is 1. The monoisotopic (exact) mass is 343 g/mol. The van der Waals surface area contributed by atoms with E-state index in [9.17, 15) is 9.59 Å². The van der Waals surface area contributed by atoms with Crippen molar-refractivity contribution in [2.24, 2.45) is 5.92 Å². The molecule has 1 aliphatic heterocycles. The second-order valence-corrected chi connectivity index (χ2v) is 7.02. The summed E-state index contributed by atoms with van der Waals surface area (Å²) in [5.41, 5.74) is 2.17.